The van der Waals surface area contributed by atoms with E-state index in [2.05, 4.69) is 10.6 Å². The van der Waals surface area contributed by atoms with Gasteiger partial charge < -0.3 is 15.4 Å². The summed E-state index contributed by atoms with van der Waals surface area (Å²) in [5.74, 6) is 0.897. The summed E-state index contributed by atoms with van der Waals surface area (Å²) in [6.45, 7) is 7.68. The van der Waals surface area contributed by atoms with Gasteiger partial charge in [-0.25, -0.2) is 4.79 Å². The standard InChI is InChI=1S/C13H20N2O2/c1-4-14-13(16)15-9-11-6-7-12(17-5-2)10(3)8-11/h6-8H,4-5,9H2,1-3H3,(H2,14,15,16). The Morgan fingerprint density at radius 1 is 1.29 bits per heavy atom. The van der Waals surface area contributed by atoms with Crippen LogP contribution in [0.1, 0.15) is 25.0 Å². The third-order valence-electron chi connectivity index (χ3n) is 2.33. The third kappa shape index (κ3) is 4.34. The van der Waals surface area contributed by atoms with E-state index < -0.39 is 0 Å². The molecule has 2 N–H and O–H groups in total. The van der Waals surface area contributed by atoms with Gasteiger partial charge in [0.15, 0.2) is 0 Å². The van der Waals surface area contributed by atoms with E-state index in [0.29, 0.717) is 19.7 Å². The molecule has 0 spiro atoms. The molecule has 0 aromatic heterocycles. The fourth-order valence-electron chi connectivity index (χ4n) is 1.54. The fraction of sp³-hybridized carbons (Fsp3) is 0.462. The molecule has 1 aromatic rings. The maximum absolute atomic E-state index is 11.2. The van der Waals surface area contributed by atoms with E-state index in [4.69, 9.17) is 4.74 Å². The molecule has 0 aliphatic heterocycles. The molecular formula is C13H20N2O2. The number of rotatable bonds is 5. The quantitative estimate of drug-likeness (QED) is 0.823. The van der Waals surface area contributed by atoms with Crippen LogP contribution >= 0.6 is 0 Å². The predicted octanol–water partition coefficient (Wildman–Crippen LogP) is 2.21. The Kier molecular flexibility index (Phi) is 5.33. The second-order valence-corrected chi connectivity index (χ2v) is 3.75. The second-order valence-electron chi connectivity index (χ2n) is 3.75. The van der Waals surface area contributed by atoms with Crippen LogP contribution in [0, 0.1) is 6.92 Å². The molecule has 0 bridgehead atoms. The van der Waals surface area contributed by atoms with Crippen molar-refractivity contribution in [2.75, 3.05) is 13.2 Å². The number of carbonyl (C=O) groups excluding carboxylic acids is 1. The van der Waals surface area contributed by atoms with Gasteiger partial charge in [0.1, 0.15) is 5.75 Å². The first kappa shape index (κ1) is 13.4. The smallest absolute Gasteiger partial charge is 0.315 e. The normalized spacial score (nSPS) is 9.82. The van der Waals surface area contributed by atoms with Crippen molar-refractivity contribution in [2.45, 2.75) is 27.3 Å². The number of benzene rings is 1. The molecule has 0 heterocycles. The topological polar surface area (TPSA) is 50.4 Å². The van der Waals surface area contributed by atoms with Gasteiger partial charge in [0, 0.05) is 13.1 Å². The first-order chi connectivity index (χ1) is 8.17. The number of carbonyl (C=O) groups is 1. The zero-order valence-electron chi connectivity index (χ0n) is 10.7. The molecule has 4 heteroatoms. The number of amides is 2. The minimum absolute atomic E-state index is 0.140. The second kappa shape index (κ2) is 6.78. The molecule has 4 nitrogen and oxygen atoms in total. The Morgan fingerprint density at radius 2 is 2.06 bits per heavy atom. The largest absolute Gasteiger partial charge is 0.494 e. The molecule has 1 rings (SSSR count). The van der Waals surface area contributed by atoms with E-state index in [0.717, 1.165) is 16.9 Å². The van der Waals surface area contributed by atoms with Gasteiger partial charge in [0.05, 0.1) is 6.61 Å². The average molecular weight is 236 g/mol. The van der Waals surface area contributed by atoms with Gasteiger partial charge >= 0.3 is 6.03 Å². The van der Waals surface area contributed by atoms with E-state index in [1.807, 2.05) is 39.0 Å². The lowest BCUT2D eigenvalue weighted by molar-refractivity contribution is 0.241. The number of nitrogens with one attached hydrogen (secondary N) is 2. The maximum Gasteiger partial charge on any atom is 0.315 e. The molecule has 17 heavy (non-hydrogen) atoms. The highest BCUT2D eigenvalue weighted by Gasteiger charge is 2.02. The molecule has 94 valence electrons. The van der Waals surface area contributed by atoms with Crippen LogP contribution in [-0.2, 0) is 6.54 Å². The number of hydrogen-bond donors (Lipinski definition) is 2. The average Bonchev–Trinajstić information content (AvgIpc) is 2.30. The maximum atomic E-state index is 11.2. The first-order valence-corrected chi connectivity index (χ1v) is 5.91. The molecule has 0 atom stereocenters. The molecule has 0 fully saturated rings. The summed E-state index contributed by atoms with van der Waals surface area (Å²) in [4.78, 5) is 11.2. The molecule has 1 aromatic carbocycles. The van der Waals surface area contributed by atoms with E-state index in [1.54, 1.807) is 0 Å². The van der Waals surface area contributed by atoms with Gasteiger partial charge in [0.25, 0.3) is 0 Å². The van der Waals surface area contributed by atoms with Crippen LogP contribution < -0.4 is 15.4 Å². The highest BCUT2D eigenvalue weighted by atomic mass is 16.5. The van der Waals surface area contributed by atoms with Crippen molar-refractivity contribution in [3.05, 3.63) is 29.3 Å². The van der Waals surface area contributed by atoms with E-state index in [-0.39, 0.29) is 6.03 Å². The van der Waals surface area contributed by atoms with E-state index in [9.17, 15) is 4.79 Å². The minimum atomic E-state index is -0.140. The fourth-order valence-corrected chi connectivity index (χ4v) is 1.54. The summed E-state index contributed by atoms with van der Waals surface area (Å²) < 4.78 is 5.46. The molecular weight excluding hydrogens is 216 g/mol. The van der Waals surface area contributed by atoms with Crippen molar-refractivity contribution >= 4 is 6.03 Å². The first-order valence-electron chi connectivity index (χ1n) is 5.91. The van der Waals surface area contributed by atoms with Crippen LogP contribution in [0.2, 0.25) is 0 Å². The Balaban J connectivity index is 2.55. The lowest BCUT2D eigenvalue weighted by Gasteiger charge is -2.10. The molecule has 2 amide bonds. The summed E-state index contributed by atoms with van der Waals surface area (Å²) in [6, 6.07) is 5.79. The van der Waals surface area contributed by atoms with Crippen LogP contribution in [0.15, 0.2) is 18.2 Å². The lowest BCUT2D eigenvalue weighted by atomic mass is 10.1. The van der Waals surface area contributed by atoms with Gasteiger partial charge in [-0.3, -0.25) is 0 Å². The molecule has 0 aliphatic rings. The third-order valence-corrected chi connectivity index (χ3v) is 2.33. The van der Waals surface area contributed by atoms with Gasteiger partial charge in [-0.2, -0.15) is 0 Å². The molecule has 0 aliphatic carbocycles. The van der Waals surface area contributed by atoms with Crippen molar-refractivity contribution in [2.24, 2.45) is 0 Å². The van der Waals surface area contributed by atoms with Crippen molar-refractivity contribution in [1.29, 1.82) is 0 Å². The van der Waals surface area contributed by atoms with E-state index >= 15 is 0 Å². The van der Waals surface area contributed by atoms with Crippen molar-refractivity contribution < 1.29 is 9.53 Å². The molecule has 0 unspecified atom stereocenters. The van der Waals surface area contributed by atoms with Crippen molar-refractivity contribution in [3.63, 3.8) is 0 Å². The monoisotopic (exact) mass is 236 g/mol. The summed E-state index contributed by atoms with van der Waals surface area (Å²) in [5.41, 5.74) is 2.15. The molecule has 0 radical (unpaired) electrons. The minimum Gasteiger partial charge on any atom is -0.494 e. The van der Waals surface area contributed by atoms with Gasteiger partial charge in [-0.05, 0) is 38.0 Å². The lowest BCUT2D eigenvalue weighted by Crippen LogP contribution is -2.34. The summed E-state index contributed by atoms with van der Waals surface area (Å²) in [6.07, 6.45) is 0. The van der Waals surface area contributed by atoms with Gasteiger partial charge in [-0.15, -0.1) is 0 Å². The highest BCUT2D eigenvalue weighted by Crippen LogP contribution is 2.18. The van der Waals surface area contributed by atoms with E-state index in [1.165, 1.54) is 0 Å². The Hall–Kier alpha value is -1.71. The van der Waals surface area contributed by atoms with Crippen LogP contribution in [0.3, 0.4) is 0 Å². The Bertz CT molecular complexity index is 378. The van der Waals surface area contributed by atoms with Crippen LogP contribution in [0.4, 0.5) is 4.79 Å². The van der Waals surface area contributed by atoms with Gasteiger partial charge in [-0.1, -0.05) is 12.1 Å². The number of hydrogen-bond acceptors (Lipinski definition) is 2. The van der Waals surface area contributed by atoms with Gasteiger partial charge in [0.2, 0.25) is 0 Å². The highest BCUT2D eigenvalue weighted by molar-refractivity contribution is 5.73. The number of urea groups is 1. The van der Waals surface area contributed by atoms with Crippen LogP contribution in [0.25, 0.3) is 0 Å². The summed E-state index contributed by atoms with van der Waals surface area (Å²) >= 11 is 0. The molecule has 0 saturated heterocycles. The summed E-state index contributed by atoms with van der Waals surface area (Å²) in [7, 11) is 0. The Morgan fingerprint density at radius 3 is 2.65 bits per heavy atom. The van der Waals surface area contributed by atoms with Crippen molar-refractivity contribution in [3.8, 4) is 5.75 Å². The number of aryl methyl sites for hydroxylation is 1. The Labute approximate surface area is 102 Å². The zero-order chi connectivity index (χ0) is 12.7. The zero-order valence-corrected chi connectivity index (χ0v) is 10.7. The van der Waals surface area contributed by atoms with Crippen LogP contribution in [-0.4, -0.2) is 19.2 Å². The SMILES string of the molecule is CCNC(=O)NCc1ccc(OCC)c(C)c1. The van der Waals surface area contributed by atoms with Crippen LogP contribution in [0.5, 0.6) is 5.75 Å². The molecule has 0 saturated carbocycles. The van der Waals surface area contributed by atoms with Crippen molar-refractivity contribution in [1.82, 2.24) is 10.6 Å². The predicted molar refractivity (Wildman–Crippen MR) is 68.3 cm³/mol. The summed E-state index contributed by atoms with van der Waals surface area (Å²) in [5, 5.41) is 5.48. The number of ether oxygens (including phenoxy) is 1.